The molecule has 7 nitrogen and oxygen atoms in total. The molecule has 2 aliphatic heterocycles. The van der Waals surface area contributed by atoms with E-state index >= 15 is 0 Å². The van der Waals surface area contributed by atoms with Crippen LogP contribution in [0, 0.1) is 0 Å². The van der Waals surface area contributed by atoms with Crippen molar-refractivity contribution in [2.24, 2.45) is 0 Å². The van der Waals surface area contributed by atoms with Crippen molar-refractivity contribution < 1.29 is 32.1 Å². The summed E-state index contributed by atoms with van der Waals surface area (Å²) in [5.41, 5.74) is 2.27. The molecule has 0 saturated carbocycles. The van der Waals surface area contributed by atoms with E-state index in [1.54, 1.807) is 7.11 Å². The summed E-state index contributed by atoms with van der Waals surface area (Å²) >= 11 is 0. The number of benzene rings is 1. The Morgan fingerprint density at radius 2 is 2.12 bits per heavy atom. The summed E-state index contributed by atoms with van der Waals surface area (Å²) in [4.78, 5) is 0. The molecule has 2 heterocycles. The van der Waals surface area contributed by atoms with Gasteiger partial charge < -0.3 is 19.1 Å². The Morgan fingerprint density at radius 3 is 2.77 bits per heavy atom. The Labute approximate surface area is 153 Å². The first-order valence-corrected chi connectivity index (χ1v) is 10.2. The lowest BCUT2D eigenvalue weighted by molar-refractivity contribution is -0.493. The summed E-state index contributed by atoms with van der Waals surface area (Å²) in [6.45, 7) is 0.969. The normalized spacial score (nSPS) is 28.6. The maximum atomic E-state index is 9.97. The van der Waals surface area contributed by atoms with Gasteiger partial charge in [0.05, 0.1) is 28.7 Å². The van der Waals surface area contributed by atoms with Gasteiger partial charge in [0, 0.05) is 30.2 Å². The molecule has 3 aliphatic rings. The van der Waals surface area contributed by atoms with Crippen LogP contribution in [0.25, 0.3) is 0 Å². The average Bonchev–Trinajstić information content (AvgIpc) is 2.78. The van der Waals surface area contributed by atoms with Gasteiger partial charge in [-0.25, -0.2) is 13.0 Å². The molecule has 1 aromatic rings. The highest BCUT2D eigenvalue weighted by Gasteiger charge is 2.53. The Hall–Kier alpha value is -1.90. The molecule has 0 bridgehead atoms. The summed E-state index contributed by atoms with van der Waals surface area (Å²) < 4.78 is 41.2. The van der Waals surface area contributed by atoms with E-state index in [1.165, 1.54) is 11.1 Å². The topological polar surface area (TPSA) is 98.9 Å². The summed E-state index contributed by atoms with van der Waals surface area (Å²) in [6.07, 6.45) is 8.05. The predicted molar refractivity (Wildman–Crippen MR) is 95.3 cm³/mol. The summed E-state index contributed by atoms with van der Waals surface area (Å²) in [5, 5.41) is 9.97. The zero-order chi connectivity index (χ0) is 19.1. The minimum Gasteiger partial charge on any atom is -0.748 e. The molecule has 1 unspecified atom stereocenters. The van der Waals surface area contributed by atoms with Gasteiger partial charge in [-0.15, -0.1) is 0 Å². The fourth-order valence-corrected chi connectivity index (χ4v) is 3.92. The molecule has 0 radical (unpaired) electrons. The molecule has 8 heteroatoms. The van der Waals surface area contributed by atoms with E-state index in [-0.39, 0.29) is 11.5 Å². The van der Waals surface area contributed by atoms with Crippen LogP contribution in [0.5, 0.6) is 11.5 Å². The van der Waals surface area contributed by atoms with Crippen LogP contribution in [0.15, 0.2) is 24.3 Å². The molecule has 0 fully saturated rings. The lowest BCUT2D eigenvalue weighted by atomic mass is 9.69. The van der Waals surface area contributed by atoms with Crippen molar-refractivity contribution in [3.8, 4) is 11.5 Å². The predicted octanol–water partition coefficient (Wildman–Crippen LogP) is 0.641. The first-order valence-electron chi connectivity index (χ1n) is 8.35. The fraction of sp³-hybridized carbons (Fsp3) is 0.500. The van der Waals surface area contributed by atoms with Crippen LogP contribution in [-0.2, 0) is 15.5 Å². The first-order chi connectivity index (χ1) is 12.1. The Bertz CT molecular complexity index is 868. The van der Waals surface area contributed by atoms with Gasteiger partial charge in [-0.2, -0.15) is 0 Å². The van der Waals surface area contributed by atoms with Crippen LogP contribution in [0.4, 0.5) is 0 Å². The molecule has 1 spiro atoms. The number of ether oxygens (including phenoxy) is 2. The van der Waals surface area contributed by atoms with E-state index in [4.69, 9.17) is 22.4 Å². The molecule has 142 valence electrons. The van der Waals surface area contributed by atoms with Gasteiger partial charge in [0.2, 0.25) is 0 Å². The monoisotopic (exact) mass is 381 g/mol. The highest BCUT2D eigenvalue weighted by molar-refractivity contribution is 7.84. The maximum Gasteiger partial charge on any atom is 0.170 e. The minimum atomic E-state index is -3.92. The van der Waals surface area contributed by atoms with Crippen LogP contribution >= 0.6 is 0 Å². The molecule has 1 aliphatic carbocycles. The van der Waals surface area contributed by atoms with Crippen molar-refractivity contribution in [1.82, 2.24) is 0 Å². The van der Waals surface area contributed by atoms with Crippen LogP contribution < -0.4 is 9.47 Å². The third kappa shape index (κ3) is 3.49. The van der Waals surface area contributed by atoms with Gasteiger partial charge in [0.25, 0.3) is 0 Å². The number of rotatable bonds is 1. The van der Waals surface area contributed by atoms with Crippen LogP contribution in [0.3, 0.4) is 0 Å². The second-order valence-electron chi connectivity index (χ2n) is 6.93. The largest absolute Gasteiger partial charge is 0.748 e. The standard InChI is InChI=1S/C17H20NO3.CH4O3S/c1-18-8-7-17-6-5-12(19)9-14(17)21-16-13(20-2)4-3-11(10-18)15(16)17;1-5(2,3)4/h3-6,10,12,14,19H,7-9H2,1-2H3;1H3,(H,2,3,4)/q+1;/p-1/t12-,14?,17-;/m0./s1. The van der Waals surface area contributed by atoms with Gasteiger partial charge in [0.1, 0.15) is 19.7 Å². The van der Waals surface area contributed by atoms with Gasteiger partial charge in [-0.3, -0.25) is 0 Å². The van der Waals surface area contributed by atoms with Crippen molar-refractivity contribution in [3.63, 3.8) is 0 Å². The minimum absolute atomic E-state index is 0.0116. The average molecular weight is 381 g/mol. The molecular formula is C18H23NO6S. The number of hydrogen-bond acceptors (Lipinski definition) is 6. The van der Waals surface area contributed by atoms with Gasteiger partial charge in [-0.1, -0.05) is 12.2 Å². The lowest BCUT2D eigenvalue weighted by Gasteiger charge is -2.34. The third-order valence-corrected chi connectivity index (χ3v) is 4.98. The van der Waals surface area contributed by atoms with Crippen molar-refractivity contribution in [1.29, 1.82) is 0 Å². The van der Waals surface area contributed by atoms with E-state index in [1.807, 2.05) is 12.1 Å². The molecule has 4 rings (SSSR count). The molecule has 1 aromatic carbocycles. The molecule has 0 amide bonds. The van der Waals surface area contributed by atoms with Crippen molar-refractivity contribution in [2.45, 2.75) is 30.5 Å². The highest BCUT2D eigenvalue weighted by atomic mass is 32.2. The Balaban J connectivity index is 0.000000349. The van der Waals surface area contributed by atoms with E-state index in [9.17, 15) is 5.11 Å². The zero-order valence-electron chi connectivity index (χ0n) is 15.0. The molecular weight excluding hydrogens is 358 g/mol. The molecule has 1 N–H and O–H groups in total. The molecule has 0 saturated heterocycles. The maximum absolute atomic E-state index is 9.97. The Morgan fingerprint density at radius 1 is 1.42 bits per heavy atom. The second kappa shape index (κ2) is 6.68. The van der Waals surface area contributed by atoms with Gasteiger partial charge >= 0.3 is 0 Å². The van der Waals surface area contributed by atoms with Crippen LogP contribution in [-0.4, -0.2) is 68.0 Å². The summed E-state index contributed by atoms with van der Waals surface area (Å²) in [6, 6.07) is 4.07. The zero-order valence-corrected chi connectivity index (χ0v) is 15.8. The summed E-state index contributed by atoms with van der Waals surface area (Å²) in [7, 11) is -0.140. The summed E-state index contributed by atoms with van der Waals surface area (Å²) in [5.74, 6) is 1.63. The quantitative estimate of drug-likeness (QED) is 0.435. The Kier molecular flexibility index (Phi) is 4.85. The van der Waals surface area contributed by atoms with E-state index in [0.717, 1.165) is 24.5 Å². The van der Waals surface area contributed by atoms with E-state index in [0.29, 0.717) is 12.7 Å². The number of aliphatic hydroxyl groups is 1. The highest BCUT2D eigenvalue weighted by Crippen LogP contribution is 2.54. The second-order valence-corrected chi connectivity index (χ2v) is 8.34. The number of nitrogens with zero attached hydrogens (tertiary/aromatic N) is 1. The van der Waals surface area contributed by atoms with Gasteiger partial charge in [-0.05, 0) is 12.1 Å². The van der Waals surface area contributed by atoms with Crippen molar-refractivity contribution in [3.05, 3.63) is 35.4 Å². The number of methoxy groups -OCH3 is 1. The van der Waals surface area contributed by atoms with E-state index in [2.05, 4.69) is 30.0 Å². The molecule has 26 heavy (non-hydrogen) atoms. The van der Waals surface area contributed by atoms with Crippen molar-refractivity contribution >= 4 is 16.3 Å². The van der Waals surface area contributed by atoms with Crippen LogP contribution in [0.1, 0.15) is 24.0 Å². The number of aliphatic hydroxyl groups excluding tert-OH is 1. The third-order valence-electron chi connectivity index (χ3n) is 4.98. The van der Waals surface area contributed by atoms with E-state index < -0.39 is 16.2 Å². The van der Waals surface area contributed by atoms with Crippen molar-refractivity contribution in [2.75, 3.05) is 27.0 Å². The van der Waals surface area contributed by atoms with Gasteiger partial charge in [0.15, 0.2) is 17.7 Å². The lowest BCUT2D eigenvalue weighted by Crippen LogP contribution is -2.42. The molecule has 0 aromatic heterocycles. The first kappa shape index (κ1) is 18.9. The molecule has 3 atom stereocenters. The van der Waals surface area contributed by atoms with Crippen LogP contribution in [0.2, 0.25) is 0 Å². The SMILES string of the molecule is COc1ccc2c3c1OC1C[C@@H](O)C=C[C@@]31CC[N+](C)=C2.CS(=O)(=O)[O-]. The smallest absolute Gasteiger partial charge is 0.170 e. The number of hydrogen-bond donors (Lipinski definition) is 1. The fourth-order valence-electron chi connectivity index (χ4n) is 3.92.